The van der Waals surface area contributed by atoms with Gasteiger partial charge in [0.1, 0.15) is 6.61 Å². The van der Waals surface area contributed by atoms with Crippen LogP contribution in [0.2, 0.25) is 0 Å². The monoisotopic (exact) mass is 247 g/mol. The van der Waals surface area contributed by atoms with Crippen molar-refractivity contribution in [3.05, 3.63) is 35.9 Å². The van der Waals surface area contributed by atoms with Crippen LogP contribution in [0.3, 0.4) is 0 Å². The molecular weight excluding hydrogens is 230 g/mol. The maximum Gasteiger partial charge on any atom is 0.410 e. The summed E-state index contributed by atoms with van der Waals surface area (Å²) in [6, 6.07) is 9.68. The Morgan fingerprint density at radius 2 is 1.94 bits per heavy atom. The normalized spacial score (nSPS) is 28.9. The Labute approximate surface area is 106 Å². The lowest BCUT2D eigenvalue weighted by Gasteiger charge is -2.19. The summed E-state index contributed by atoms with van der Waals surface area (Å²) in [6.07, 6.45) is -0.234. The first-order valence-corrected chi connectivity index (χ1v) is 6.36. The van der Waals surface area contributed by atoms with Gasteiger partial charge in [-0.3, -0.25) is 0 Å². The average molecular weight is 247 g/mol. The maximum absolute atomic E-state index is 11.8. The minimum absolute atomic E-state index is 0.234. The summed E-state index contributed by atoms with van der Waals surface area (Å²) >= 11 is 0. The molecular formula is C14H17NO3. The van der Waals surface area contributed by atoms with E-state index in [9.17, 15) is 4.79 Å². The van der Waals surface area contributed by atoms with Gasteiger partial charge >= 0.3 is 6.09 Å². The molecule has 2 fully saturated rings. The molecule has 0 bridgehead atoms. The first-order chi connectivity index (χ1) is 8.79. The SMILES string of the molecule is O=C(OCc1ccccc1)N1C[C@@H]2[C@H](CO)[C@@H]2C1. The highest BCUT2D eigenvalue weighted by atomic mass is 16.6. The minimum Gasteiger partial charge on any atom is -0.445 e. The highest BCUT2D eigenvalue weighted by Crippen LogP contribution is 2.51. The first kappa shape index (κ1) is 11.5. The van der Waals surface area contributed by atoms with Crippen LogP contribution in [0.1, 0.15) is 5.56 Å². The number of ether oxygens (including phenoxy) is 1. The van der Waals surface area contributed by atoms with Crippen molar-refractivity contribution < 1.29 is 14.6 Å². The molecule has 1 saturated carbocycles. The molecule has 0 unspecified atom stereocenters. The molecule has 0 aromatic heterocycles. The Kier molecular flexibility index (Phi) is 2.96. The van der Waals surface area contributed by atoms with Crippen molar-refractivity contribution in [3.8, 4) is 0 Å². The van der Waals surface area contributed by atoms with Gasteiger partial charge in [-0.2, -0.15) is 0 Å². The molecule has 1 aliphatic heterocycles. The smallest absolute Gasteiger partial charge is 0.410 e. The highest BCUT2D eigenvalue weighted by molar-refractivity contribution is 5.68. The van der Waals surface area contributed by atoms with E-state index in [-0.39, 0.29) is 12.7 Å². The van der Waals surface area contributed by atoms with Gasteiger partial charge in [-0.1, -0.05) is 30.3 Å². The number of aliphatic hydroxyl groups is 1. The second-order valence-corrected chi connectivity index (χ2v) is 5.12. The fraction of sp³-hybridized carbons (Fsp3) is 0.500. The van der Waals surface area contributed by atoms with Gasteiger partial charge in [-0.15, -0.1) is 0 Å². The molecule has 1 aromatic rings. The number of fused-ring (bicyclic) bond motifs is 1. The fourth-order valence-corrected chi connectivity index (χ4v) is 2.88. The summed E-state index contributed by atoms with van der Waals surface area (Å²) < 4.78 is 5.27. The predicted molar refractivity (Wildman–Crippen MR) is 65.8 cm³/mol. The van der Waals surface area contributed by atoms with Crippen LogP contribution in [0, 0.1) is 17.8 Å². The lowest BCUT2D eigenvalue weighted by Crippen LogP contribution is -2.32. The molecule has 1 aliphatic carbocycles. The van der Waals surface area contributed by atoms with Crippen molar-refractivity contribution in [1.82, 2.24) is 4.90 Å². The van der Waals surface area contributed by atoms with E-state index in [1.165, 1.54) is 0 Å². The summed E-state index contributed by atoms with van der Waals surface area (Å²) in [5.74, 6) is 1.42. The molecule has 2 aliphatic rings. The lowest BCUT2D eigenvalue weighted by atomic mass is 10.2. The van der Waals surface area contributed by atoms with E-state index in [4.69, 9.17) is 9.84 Å². The Balaban J connectivity index is 1.46. The molecule has 3 atom stereocenters. The molecule has 1 aromatic carbocycles. The van der Waals surface area contributed by atoms with Gasteiger partial charge in [0, 0.05) is 19.7 Å². The number of carbonyl (C=O) groups is 1. The van der Waals surface area contributed by atoms with Crippen LogP contribution >= 0.6 is 0 Å². The third-order valence-corrected chi connectivity index (χ3v) is 4.05. The van der Waals surface area contributed by atoms with E-state index >= 15 is 0 Å². The zero-order valence-electron chi connectivity index (χ0n) is 10.2. The molecule has 1 amide bonds. The van der Waals surface area contributed by atoms with Gasteiger partial charge in [0.15, 0.2) is 0 Å². The Morgan fingerprint density at radius 1 is 1.28 bits per heavy atom. The fourth-order valence-electron chi connectivity index (χ4n) is 2.88. The number of likely N-dealkylation sites (tertiary alicyclic amines) is 1. The summed E-state index contributed by atoms with van der Waals surface area (Å²) in [6.45, 7) is 2.06. The summed E-state index contributed by atoms with van der Waals surface area (Å²) in [5, 5.41) is 9.05. The third-order valence-electron chi connectivity index (χ3n) is 4.05. The number of piperidine rings is 1. The Morgan fingerprint density at radius 3 is 2.56 bits per heavy atom. The molecule has 1 heterocycles. The standard InChI is InChI=1S/C14H17NO3/c16-8-13-11-6-15(7-12(11)13)14(17)18-9-10-4-2-1-3-5-10/h1-5,11-13,16H,6-9H2/t11-,12+,13-. The van der Waals surface area contributed by atoms with E-state index in [0.717, 1.165) is 18.7 Å². The maximum atomic E-state index is 11.8. The highest BCUT2D eigenvalue weighted by Gasteiger charge is 2.56. The Hall–Kier alpha value is -1.55. The predicted octanol–water partition coefficient (Wildman–Crippen LogP) is 1.49. The van der Waals surface area contributed by atoms with Crippen molar-refractivity contribution in [3.63, 3.8) is 0 Å². The molecule has 4 heteroatoms. The van der Waals surface area contributed by atoms with Crippen LogP contribution in [0.15, 0.2) is 30.3 Å². The van der Waals surface area contributed by atoms with E-state index < -0.39 is 0 Å². The van der Waals surface area contributed by atoms with Gasteiger partial charge in [-0.25, -0.2) is 4.79 Å². The number of hydrogen-bond acceptors (Lipinski definition) is 3. The van der Waals surface area contributed by atoms with E-state index in [1.54, 1.807) is 4.90 Å². The summed E-state index contributed by atoms with van der Waals surface area (Å²) in [7, 11) is 0. The zero-order valence-corrected chi connectivity index (χ0v) is 10.2. The Bertz CT molecular complexity index is 422. The van der Waals surface area contributed by atoms with Crippen LogP contribution in [-0.2, 0) is 11.3 Å². The van der Waals surface area contributed by atoms with E-state index in [2.05, 4.69) is 0 Å². The molecule has 18 heavy (non-hydrogen) atoms. The van der Waals surface area contributed by atoms with Crippen LogP contribution in [-0.4, -0.2) is 35.8 Å². The number of nitrogens with zero attached hydrogens (tertiary/aromatic N) is 1. The van der Waals surface area contributed by atoms with Crippen LogP contribution in [0.4, 0.5) is 4.79 Å². The second kappa shape index (κ2) is 4.61. The van der Waals surface area contributed by atoms with Gasteiger partial charge < -0.3 is 14.7 Å². The summed E-state index contributed by atoms with van der Waals surface area (Å²) in [4.78, 5) is 13.6. The molecule has 3 rings (SSSR count). The minimum atomic E-state index is -0.234. The number of carbonyl (C=O) groups excluding carboxylic acids is 1. The van der Waals surface area contributed by atoms with Gasteiger partial charge in [0.2, 0.25) is 0 Å². The van der Waals surface area contributed by atoms with Crippen molar-refractivity contribution in [2.24, 2.45) is 17.8 Å². The number of rotatable bonds is 3. The van der Waals surface area contributed by atoms with Crippen molar-refractivity contribution in [2.45, 2.75) is 6.61 Å². The number of hydrogen-bond donors (Lipinski definition) is 1. The molecule has 1 N–H and O–H groups in total. The quantitative estimate of drug-likeness (QED) is 0.880. The largest absolute Gasteiger partial charge is 0.445 e. The number of benzene rings is 1. The van der Waals surface area contributed by atoms with Crippen LogP contribution in [0.25, 0.3) is 0 Å². The molecule has 0 spiro atoms. The van der Waals surface area contributed by atoms with Gasteiger partial charge in [0.25, 0.3) is 0 Å². The van der Waals surface area contributed by atoms with Crippen molar-refractivity contribution in [1.29, 1.82) is 0 Å². The van der Waals surface area contributed by atoms with Crippen LogP contribution in [0.5, 0.6) is 0 Å². The van der Waals surface area contributed by atoms with Crippen molar-refractivity contribution in [2.75, 3.05) is 19.7 Å². The topological polar surface area (TPSA) is 49.8 Å². The van der Waals surface area contributed by atoms with Crippen LogP contribution < -0.4 is 0 Å². The number of amides is 1. The van der Waals surface area contributed by atoms with Gasteiger partial charge in [-0.05, 0) is 23.3 Å². The first-order valence-electron chi connectivity index (χ1n) is 6.36. The summed E-state index contributed by atoms with van der Waals surface area (Å²) in [5.41, 5.74) is 1.00. The van der Waals surface area contributed by atoms with Gasteiger partial charge in [0.05, 0.1) is 0 Å². The molecule has 0 radical (unpaired) electrons. The zero-order chi connectivity index (χ0) is 12.5. The average Bonchev–Trinajstić information content (AvgIpc) is 2.88. The third kappa shape index (κ3) is 2.08. The second-order valence-electron chi connectivity index (χ2n) is 5.12. The number of aliphatic hydroxyl groups excluding tert-OH is 1. The van der Waals surface area contributed by atoms with Crippen molar-refractivity contribution >= 4 is 6.09 Å². The lowest BCUT2D eigenvalue weighted by molar-refractivity contribution is 0.0967. The molecule has 96 valence electrons. The molecule has 4 nitrogen and oxygen atoms in total. The van der Waals surface area contributed by atoms with E-state index in [0.29, 0.717) is 24.4 Å². The van der Waals surface area contributed by atoms with E-state index in [1.807, 2.05) is 30.3 Å². The molecule has 1 saturated heterocycles.